The van der Waals surface area contributed by atoms with Crippen molar-refractivity contribution in [3.8, 4) is 11.5 Å². The molecule has 7 nitrogen and oxygen atoms in total. The van der Waals surface area contributed by atoms with Crippen molar-refractivity contribution in [3.05, 3.63) is 87.4 Å². The van der Waals surface area contributed by atoms with Gasteiger partial charge in [-0.25, -0.2) is 4.98 Å². The first-order chi connectivity index (χ1) is 13.5. The van der Waals surface area contributed by atoms with Crippen molar-refractivity contribution in [2.45, 2.75) is 0 Å². The molecule has 0 aliphatic heterocycles. The average molecular weight is 394 g/mol. The Kier molecular flexibility index (Phi) is 4.50. The summed E-state index contributed by atoms with van der Waals surface area (Å²) in [6, 6.07) is 18.1. The summed E-state index contributed by atoms with van der Waals surface area (Å²) in [6.45, 7) is 0. The minimum atomic E-state index is -0.571. The van der Waals surface area contributed by atoms with E-state index in [1.807, 2.05) is 24.3 Å². The fourth-order valence-corrected chi connectivity index (χ4v) is 2.95. The molecule has 0 fully saturated rings. The third-order valence-corrected chi connectivity index (χ3v) is 4.40. The second-order valence-electron chi connectivity index (χ2n) is 5.94. The Hall–Kier alpha value is -3.71. The Bertz CT molecular complexity index is 1170. The van der Waals surface area contributed by atoms with Crippen molar-refractivity contribution in [1.29, 1.82) is 0 Å². The fourth-order valence-electron chi connectivity index (χ4n) is 2.69. The predicted molar refractivity (Wildman–Crippen MR) is 106 cm³/mol. The second kappa shape index (κ2) is 7.13. The van der Waals surface area contributed by atoms with Gasteiger partial charge in [-0.15, -0.1) is 0 Å². The average Bonchev–Trinajstić information content (AvgIpc) is 3.12. The molecule has 4 rings (SSSR count). The molecule has 1 heterocycles. The van der Waals surface area contributed by atoms with Gasteiger partial charge in [0.15, 0.2) is 5.58 Å². The van der Waals surface area contributed by atoms with Gasteiger partial charge in [-0.1, -0.05) is 23.7 Å². The first-order valence-corrected chi connectivity index (χ1v) is 8.60. The van der Waals surface area contributed by atoms with Gasteiger partial charge < -0.3 is 9.73 Å². The zero-order valence-electron chi connectivity index (χ0n) is 14.3. The molecule has 1 amide bonds. The molecular weight excluding hydrogens is 382 g/mol. The maximum atomic E-state index is 12.4. The van der Waals surface area contributed by atoms with Crippen LogP contribution < -0.4 is 5.32 Å². The van der Waals surface area contributed by atoms with E-state index in [4.69, 9.17) is 16.0 Å². The number of fused-ring (bicyclic) bond motifs is 1. The van der Waals surface area contributed by atoms with Gasteiger partial charge in [-0.3, -0.25) is 14.9 Å². The van der Waals surface area contributed by atoms with Gasteiger partial charge in [0.25, 0.3) is 11.6 Å². The van der Waals surface area contributed by atoms with E-state index in [9.17, 15) is 14.9 Å². The molecule has 0 radical (unpaired) electrons. The van der Waals surface area contributed by atoms with Crippen molar-refractivity contribution in [2.75, 3.05) is 5.32 Å². The van der Waals surface area contributed by atoms with Crippen LogP contribution in [0.15, 0.2) is 71.1 Å². The maximum absolute atomic E-state index is 12.4. The number of carbonyl (C=O) groups is 1. The Morgan fingerprint density at radius 3 is 2.50 bits per heavy atom. The highest BCUT2D eigenvalue weighted by atomic mass is 35.5. The second-order valence-corrected chi connectivity index (χ2v) is 6.35. The maximum Gasteiger partial charge on any atom is 0.270 e. The fraction of sp³-hybridized carbons (Fsp3) is 0. The molecule has 0 saturated carbocycles. The number of hydrogen-bond donors (Lipinski definition) is 1. The van der Waals surface area contributed by atoms with Crippen molar-refractivity contribution >= 4 is 40.0 Å². The van der Waals surface area contributed by atoms with Gasteiger partial charge in [0, 0.05) is 23.4 Å². The molecule has 1 N–H and O–H groups in total. The summed E-state index contributed by atoms with van der Waals surface area (Å²) in [5.74, 6) is 0.0204. The SMILES string of the molecule is O=C(Nc1ccc(-c2nc3ccccc3o2)cc1)c1ccc([N+](=O)[O-])cc1Cl. The van der Waals surface area contributed by atoms with E-state index in [0.29, 0.717) is 17.2 Å². The number of oxazole rings is 1. The molecule has 0 aliphatic rings. The third kappa shape index (κ3) is 3.43. The largest absolute Gasteiger partial charge is 0.436 e. The number of nitrogens with zero attached hydrogens (tertiary/aromatic N) is 2. The van der Waals surface area contributed by atoms with E-state index < -0.39 is 10.8 Å². The number of para-hydroxylation sites is 2. The number of benzene rings is 3. The van der Waals surface area contributed by atoms with Crippen LogP contribution in [0.2, 0.25) is 5.02 Å². The predicted octanol–water partition coefficient (Wildman–Crippen LogP) is 5.31. The summed E-state index contributed by atoms with van der Waals surface area (Å²) in [4.78, 5) is 27.0. The highest BCUT2D eigenvalue weighted by molar-refractivity contribution is 6.34. The lowest BCUT2D eigenvalue weighted by molar-refractivity contribution is -0.384. The lowest BCUT2D eigenvalue weighted by Crippen LogP contribution is -2.12. The Labute approximate surface area is 163 Å². The number of nitro benzene ring substituents is 1. The Balaban J connectivity index is 1.53. The molecule has 0 unspecified atom stereocenters. The molecule has 138 valence electrons. The van der Waals surface area contributed by atoms with Crippen LogP contribution >= 0.6 is 11.6 Å². The lowest BCUT2D eigenvalue weighted by atomic mass is 10.1. The van der Waals surface area contributed by atoms with E-state index in [1.54, 1.807) is 24.3 Å². The summed E-state index contributed by atoms with van der Waals surface area (Å²) in [5, 5.41) is 13.5. The summed E-state index contributed by atoms with van der Waals surface area (Å²) >= 11 is 5.99. The number of nitrogens with one attached hydrogen (secondary N) is 1. The number of carbonyl (C=O) groups excluding carboxylic acids is 1. The van der Waals surface area contributed by atoms with Crippen molar-refractivity contribution in [3.63, 3.8) is 0 Å². The van der Waals surface area contributed by atoms with Crippen molar-refractivity contribution in [2.24, 2.45) is 0 Å². The smallest absolute Gasteiger partial charge is 0.270 e. The summed E-state index contributed by atoms with van der Waals surface area (Å²) in [7, 11) is 0. The van der Waals surface area contributed by atoms with Crippen LogP contribution in [0.5, 0.6) is 0 Å². The quantitative estimate of drug-likeness (QED) is 0.374. The molecule has 28 heavy (non-hydrogen) atoms. The van der Waals surface area contributed by atoms with E-state index >= 15 is 0 Å². The topological polar surface area (TPSA) is 98.3 Å². The molecule has 0 atom stereocenters. The highest BCUT2D eigenvalue weighted by Crippen LogP contribution is 2.26. The summed E-state index contributed by atoms with van der Waals surface area (Å²) in [5.41, 5.74) is 2.74. The Morgan fingerprint density at radius 2 is 1.82 bits per heavy atom. The number of halogens is 1. The van der Waals surface area contributed by atoms with Crippen LogP contribution in [0.3, 0.4) is 0 Å². The normalized spacial score (nSPS) is 10.8. The van der Waals surface area contributed by atoms with Gasteiger partial charge in [0.2, 0.25) is 5.89 Å². The van der Waals surface area contributed by atoms with E-state index in [1.165, 1.54) is 12.1 Å². The number of aromatic nitrogens is 1. The first-order valence-electron chi connectivity index (χ1n) is 8.22. The van der Waals surface area contributed by atoms with Crippen LogP contribution in [-0.4, -0.2) is 15.8 Å². The lowest BCUT2D eigenvalue weighted by Gasteiger charge is -2.07. The molecular formula is C20H12ClN3O4. The molecule has 1 aromatic heterocycles. The number of hydrogen-bond acceptors (Lipinski definition) is 5. The number of non-ortho nitro benzene ring substituents is 1. The monoisotopic (exact) mass is 393 g/mol. The molecule has 0 spiro atoms. The molecule has 4 aromatic rings. The highest BCUT2D eigenvalue weighted by Gasteiger charge is 2.15. The molecule has 0 bridgehead atoms. The molecule has 0 saturated heterocycles. The number of nitro groups is 1. The number of rotatable bonds is 4. The number of amides is 1. The van der Waals surface area contributed by atoms with Crippen molar-refractivity contribution in [1.82, 2.24) is 4.98 Å². The zero-order valence-corrected chi connectivity index (χ0v) is 15.0. The van der Waals surface area contributed by atoms with Crippen LogP contribution in [0, 0.1) is 10.1 Å². The molecule has 3 aromatic carbocycles. The van der Waals surface area contributed by atoms with Crippen LogP contribution in [0.4, 0.5) is 11.4 Å². The van der Waals surface area contributed by atoms with Gasteiger partial charge in [0.1, 0.15) is 5.52 Å². The first kappa shape index (κ1) is 17.7. The third-order valence-electron chi connectivity index (χ3n) is 4.09. The van der Waals surface area contributed by atoms with E-state index in [2.05, 4.69) is 10.3 Å². The minimum Gasteiger partial charge on any atom is -0.436 e. The van der Waals surface area contributed by atoms with Crippen LogP contribution in [0.25, 0.3) is 22.6 Å². The van der Waals surface area contributed by atoms with Crippen molar-refractivity contribution < 1.29 is 14.1 Å². The van der Waals surface area contributed by atoms with Gasteiger partial charge in [-0.2, -0.15) is 0 Å². The Morgan fingerprint density at radius 1 is 1.07 bits per heavy atom. The van der Waals surface area contributed by atoms with Gasteiger partial charge >= 0.3 is 0 Å². The van der Waals surface area contributed by atoms with E-state index in [-0.39, 0.29) is 16.3 Å². The van der Waals surface area contributed by atoms with Gasteiger partial charge in [-0.05, 0) is 42.5 Å². The van der Waals surface area contributed by atoms with Crippen LogP contribution in [0.1, 0.15) is 10.4 Å². The summed E-state index contributed by atoms with van der Waals surface area (Å²) in [6.07, 6.45) is 0. The van der Waals surface area contributed by atoms with Crippen LogP contribution in [-0.2, 0) is 0 Å². The number of anilines is 1. The minimum absolute atomic E-state index is 0.00907. The molecule has 0 aliphatic carbocycles. The van der Waals surface area contributed by atoms with E-state index in [0.717, 1.165) is 17.1 Å². The standard InChI is InChI=1S/C20H12ClN3O4/c21-16-11-14(24(26)27)9-10-15(16)19(25)22-13-7-5-12(6-8-13)20-23-17-3-1-2-4-18(17)28-20/h1-11H,(H,22,25). The zero-order chi connectivity index (χ0) is 19.7. The summed E-state index contributed by atoms with van der Waals surface area (Å²) < 4.78 is 5.72. The molecule has 8 heteroatoms. The van der Waals surface area contributed by atoms with Gasteiger partial charge in [0.05, 0.1) is 15.5 Å².